The van der Waals surface area contributed by atoms with Gasteiger partial charge in [-0.25, -0.2) is 4.98 Å². The Balaban J connectivity index is 1.95. The van der Waals surface area contributed by atoms with E-state index in [0.29, 0.717) is 22.4 Å². The van der Waals surface area contributed by atoms with E-state index in [0.717, 1.165) is 13.0 Å². The number of rotatable bonds is 5. The minimum Gasteiger partial charge on any atom is -0.382 e. The molecular weight excluding hydrogens is 280 g/mol. The molecule has 1 aliphatic rings. The summed E-state index contributed by atoms with van der Waals surface area (Å²) in [6.07, 6.45) is 2.38. The molecule has 0 bridgehead atoms. The Morgan fingerprint density at radius 3 is 3.00 bits per heavy atom. The van der Waals surface area contributed by atoms with E-state index in [2.05, 4.69) is 22.5 Å². The number of thiazole rings is 1. The first-order valence-corrected chi connectivity index (χ1v) is 8.26. The van der Waals surface area contributed by atoms with Crippen molar-refractivity contribution in [3.05, 3.63) is 4.88 Å². The zero-order chi connectivity index (χ0) is 13.9. The maximum atomic E-state index is 12.1. The molecule has 1 unspecified atom stereocenters. The summed E-state index contributed by atoms with van der Waals surface area (Å²) >= 11 is 3.24. The van der Waals surface area contributed by atoms with Crippen LogP contribution in [0.4, 0.5) is 10.9 Å². The van der Waals surface area contributed by atoms with Crippen LogP contribution in [0.1, 0.15) is 36.4 Å². The Morgan fingerprint density at radius 1 is 1.58 bits per heavy atom. The number of hydrogen-bond acceptors (Lipinski definition) is 6. The van der Waals surface area contributed by atoms with E-state index in [1.807, 2.05) is 18.7 Å². The molecule has 106 valence electrons. The molecule has 0 aromatic carbocycles. The van der Waals surface area contributed by atoms with Crippen LogP contribution in [0.15, 0.2) is 0 Å². The van der Waals surface area contributed by atoms with Gasteiger partial charge in [0.05, 0.1) is 0 Å². The minimum atomic E-state index is -0.118. The van der Waals surface area contributed by atoms with Crippen molar-refractivity contribution >= 4 is 40.0 Å². The van der Waals surface area contributed by atoms with Gasteiger partial charge in [0.2, 0.25) is 0 Å². The van der Waals surface area contributed by atoms with Crippen molar-refractivity contribution in [1.29, 1.82) is 0 Å². The number of nitrogens with one attached hydrogen (secondary N) is 2. The fraction of sp³-hybridized carbons (Fsp3) is 0.667. The normalized spacial score (nSPS) is 22.4. The number of carbonyl (C=O) groups excluding carboxylic acids is 1. The summed E-state index contributed by atoms with van der Waals surface area (Å²) in [5.74, 6) is 1.37. The molecule has 1 atom stereocenters. The molecule has 1 saturated heterocycles. The molecule has 7 heteroatoms. The van der Waals surface area contributed by atoms with E-state index in [-0.39, 0.29) is 10.7 Å². The molecule has 19 heavy (non-hydrogen) atoms. The largest absolute Gasteiger partial charge is 0.382 e. The van der Waals surface area contributed by atoms with E-state index in [4.69, 9.17) is 5.73 Å². The zero-order valence-corrected chi connectivity index (χ0v) is 12.9. The molecule has 0 aliphatic carbocycles. The van der Waals surface area contributed by atoms with Crippen LogP contribution in [0.3, 0.4) is 0 Å². The standard InChI is InChI=1S/C12H20N4OS2/c1-3-14-11-16-9(13)8(19-11)10(17)15-7-12(2)5-4-6-18-12/h3-7,13H2,1-2H3,(H,14,16)(H,15,17). The van der Waals surface area contributed by atoms with Crippen LogP contribution < -0.4 is 16.4 Å². The number of nitrogen functional groups attached to an aromatic ring is 1. The summed E-state index contributed by atoms with van der Waals surface area (Å²) in [5.41, 5.74) is 5.78. The molecule has 1 aromatic heterocycles. The van der Waals surface area contributed by atoms with E-state index in [1.54, 1.807) is 0 Å². The Bertz CT molecular complexity index is 455. The van der Waals surface area contributed by atoms with Crippen LogP contribution >= 0.6 is 23.1 Å². The molecule has 1 aromatic rings. The third-order valence-electron chi connectivity index (χ3n) is 3.11. The van der Waals surface area contributed by atoms with Crippen LogP contribution in [0.25, 0.3) is 0 Å². The molecular formula is C12H20N4OS2. The first kappa shape index (κ1) is 14.5. The summed E-state index contributed by atoms with van der Waals surface area (Å²) in [7, 11) is 0. The quantitative estimate of drug-likeness (QED) is 0.776. The summed E-state index contributed by atoms with van der Waals surface area (Å²) < 4.78 is 0.166. The molecule has 2 rings (SSSR count). The third kappa shape index (κ3) is 3.54. The van der Waals surface area contributed by atoms with Crippen LogP contribution in [-0.2, 0) is 0 Å². The van der Waals surface area contributed by atoms with E-state index < -0.39 is 0 Å². The summed E-state index contributed by atoms with van der Waals surface area (Å²) in [4.78, 5) is 16.8. The van der Waals surface area contributed by atoms with Gasteiger partial charge in [0.15, 0.2) is 5.13 Å². The fourth-order valence-corrected chi connectivity index (χ4v) is 4.16. The average molecular weight is 300 g/mol. The third-order valence-corrected chi connectivity index (χ3v) is 5.68. The first-order chi connectivity index (χ1) is 9.04. The van der Waals surface area contributed by atoms with Crippen molar-refractivity contribution in [2.75, 3.05) is 29.9 Å². The number of nitrogens with zero attached hydrogens (tertiary/aromatic N) is 1. The van der Waals surface area contributed by atoms with Gasteiger partial charge in [0.25, 0.3) is 5.91 Å². The Kier molecular flexibility index (Phi) is 4.57. The Morgan fingerprint density at radius 2 is 2.37 bits per heavy atom. The van der Waals surface area contributed by atoms with Crippen molar-refractivity contribution in [2.45, 2.75) is 31.4 Å². The van der Waals surface area contributed by atoms with Gasteiger partial charge in [-0.1, -0.05) is 11.3 Å². The fourth-order valence-electron chi connectivity index (χ4n) is 2.05. The number of nitrogens with two attached hydrogens (primary N) is 1. The lowest BCUT2D eigenvalue weighted by Crippen LogP contribution is -2.36. The number of aromatic nitrogens is 1. The molecule has 2 heterocycles. The van der Waals surface area contributed by atoms with E-state index >= 15 is 0 Å². The molecule has 0 spiro atoms. The molecule has 1 fully saturated rings. The van der Waals surface area contributed by atoms with Crippen molar-refractivity contribution in [3.63, 3.8) is 0 Å². The molecule has 4 N–H and O–H groups in total. The minimum absolute atomic E-state index is 0.118. The van der Waals surface area contributed by atoms with Gasteiger partial charge in [-0.15, -0.1) is 0 Å². The summed E-state index contributed by atoms with van der Waals surface area (Å²) in [5, 5.41) is 6.75. The lowest BCUT2D eigenvalue weighted by Gasteiger charge is -2.22. The van der Waals surface area contributed by atoms with Crippen molar-refractivity contribution in [1.82, 2.24) is 10.3 Å². The number of anilines is 2. The highest BCUT2D eigenvalue weighted by Gasteiger charge is 2.30. The lowest BCUT2D eigenvalue weighted by atomic mass is 10.1. The van der Waals surface area contributed by atoms with Gasteiger partial charge < -0.3 is 16.4 Å². The number of thioether (sulfide) groups is 1. The van der Waals surface area contributed by atoms with Crippen LogP contribution in [-0.4, -0.2) is 34.5 Å². The monoisotopic (exact) mass is 300 g/mol. The van der Waals surface area contributed by atoms with Gasteiger partial charge >= 0.3 is 0 Å². The molecule has 1 aliphatic heterocycles. The van der Waals surface area contributed by atoms with Crippen LogP contribution in [0, 0.1) is 0 Å². The Hall–Kier alpha value is -0.950. The van der Waals surface area contributed by atoms with Crippen LogP contribution in [0.2, 0.25) is 0 Å². The Labute approximate surface area is 121 Å². The van der Waals surface area contributed by atoms with Gasteiger partial charge in [-0.3, -0.25) is 4.79 Å². The smallest absolute Gasteiger partial charge is 0.265 e. The van der Waals surface area contributed by atoms with Crippen molar-refractivity contribution in [3.8, 4) is 0 Å². The predicted octanol–water partition coefficient (Wildman–Crippen LogP) is 2.17. The number of hydrogen-bond donors (Lipinski definition) is 3. The topological polar surface area (TPSA) is 80.0 Å². The summed E-state index contributed by atoms with van der Waals surface area (Å²) in [6, 6.07) is 0. The van der Waals surface area contributed by atoms with Gasteiger partial charge in [0.1, 0.15) is 10.7 Å². The second kappa shape index (κ2) is 6.00. The maximum absolute atomic E-state index is 12.1. The second-order valence-electron chi connectivity index (χ2n) is 4.85. The predicted molar refractivity (Wildman–Crippen MR) is 83.1 cm³/mol. The van der Waals surface area contributed by atoms with Crippen LogP contribution in [0.5, 0.6) is 0 Å². The molecule has 1 amide bonds. The maximum Gasteiger partial charge on any atom is 0.265 e. The van der Waals surface area contributed by atoms with E-state index in [1.165, 1.54) is 23.5 Å². The van der Waals surface area contributed by atoms with Gasteiger partial charge in [0, 0.05) is 17.8 Å². The highest BCUT2D eigenvalue weighted by molar-refractivity contribution is 8.00. The average Bonchev–Trinajstić information content (AvgIpc) is 2.94. The number of carbonyl (C=O) groups is 1. The second-order valence-corrected chi connectivity index (χ2v) is 7.53. The first-order valence-electron chi connectivity index (χ1n) is 6.46. The highest BCUT2D eigenvalue weighted by Crippen LogP contribution is 2.37. The van der Waals surface area contributed by atoms with Crippen molar-refractivity contribution < 1.29 is 4.79 Å². The van der Waals surface area contributed by atoms with Crippen molar-refractivity contribution in [2.24, 2.45) is 0 Å². The molecule has 5 nitrogen and oxygen atoms in total. The van der Waals surface area contributed by atoms with Gasteiger partial charge in [-0.05, 0) is 32.4 Å². The zero-order valence-electron chi connectivity index (χ0n) is 11.3. The summed E-state index contributed by atoms with van der Waals surface area (Å²) in [6.45, 7) is 5.63. The lowest BCUT2D eigenvalue weighted by molar-refractivity contribution is 0.0954. The van der Waals surface area contributed by atoms with Gasteiger partial charge in [-0.2, -0.15) is 11.8 Å². The van der Waals surface area contributed by atoms with E-state index in [9.17, 15) is 4.79 Å². The molecule has 0 radical (unpaired) electrons. The molecule has 0 saturated carbocycles. The highest BCUT2D eigenvalue weighted by atomic mass is 32.2. The SMILES string of the molecule is CCNc1nc(N)c(C(=O)NCC2(C)CCCS2)s1. The number of amides is 1.